The Bertz CT molecular complexity index is 643. The van der Waals surface area contributed by atoms with Crippen molar-refractivity contribution in [2.75, 3.05) is 11.4 Å². The number of carboxylic acids is 1. The van der Waals surface area contributed by atoms with Crippen molar-refractivity contribution >= 4 is 17.6 Å². The normalized spacial score (nSPS) is 10.4. The fraction of sp³-hybridized carbons (Fsp3) is 0.250. The van der Waals surface area contributed by atoms with Crippen LogP contribution >= 0.6 is 0 Å². The van der Waals surface area contributed by atoms with Gasteiger partial charge < -0.3 is 14.4 Å². The zero-order chi connectivity index (χ0) is 15.4. The number of nitrogens with zero attached hydrogens (tertiary/aromatic N) is 1. The Balaban J connectivity index is 2.31. The lowest BCUT2D eigenvalue weighted by molar-refractivity contribution is -0.136. The molecule has 0 spiro atoms. The Kier molecular flexibility index (Phi) is 4.42. The van der Waals surface area contributed by atoms with Crippen molar-refractivity contribution in [2.24, 2.45) is 0 Å². The predicted molar refractivity (Wildman–Crippen MR) is 78.6 cm³/mol. The number of hydrogen-bond donors (Lipinski definition) is 1. The van der Waals surface area contributed by atoms with Crippen LogP contribution in [0, 0.1) is 13.8 Å². The van der Waals surface area contributed by atoms with Crippen molar-refractivity contribution in [2.45, 2.75) is 20.3 Å². The summed E-state index contributed by atoms with van der Waals surface area (Å²) in [6, 6.07) is 9.06. The molecule has 5 nitrogen and oxygen atoms in total. The molecule has 0 aliphatic carbocycles. The van der Waals surface area contributed by atoms with Crippen LogP contribution in [-0.2, 0) is 4.79 Å². The number of aliphatic carboxylic acids is 1. The first-order valence-corrected chi connectivity index (χ1v) is 6.63. The molecule has 1 amide bonds. The van der Waals surface area contributed by atoms with Crippen molar-refractivity contribution in [3.05, 3.63) is 53.5 Å². The quantitative estimate of drug-likeness (QED) is 0.917. The van der Waals surface area contributed by atoms with Gasteiger partial charge in [-0.2, -0.15) is 0 Å². The van der Waals surface area contributed by atoms with Gasteiger partial charge in [0, 0.05) is 17.8 Å². The summed E-state index contributed by atoms with van der Waals surface area (Å²) in [6.07, 6.45) is 1.33. The molecule has 1 heterocycles. The lowest BCUT2D eigenvalue weighted by Gasteiger charge is -2.21. The maximum absolute atomic E-state index is 12.6. The largest absolute Gasteiger partial charge is 0.481 e. The number of amides is 1. The van der Waals surface area contributed by atoms with E-state index >= 15 is 0 Å². The number of carbonyl (C=O) groups is 2. The van der Waals surface area contributed by atoms with Gasteiger partial charge in [-0.1, -0.05) is 17.7 Å². The summed E-state index contributed by atoms with van der Waals surface area (Å²) in [5.74, 6) is -1.04. The maximum atomic E-state index is 12.6. The molecule has 0 aliphatic rings. The van der Waals surface area contributed by atoms with Gasteiger partial charge in [-0.15, -0.1) is 0 Å². The number of hydrogen-bond acceptors (Lipinski definition) is 3. The molecule has 21 heavy (non-hydrogen) atoms. The fourth-order valence-corrected chi connectivity index (χ4v) is 1.99. The van der Waals surface area contributed by atoms with E-state index in [1.807, 2.05) is 19.1 Å². The fourth-order valence-electron chi connectivity index (χ4n) is 1.99. The minimum absolute atomic E-state index is 0.0946. The molecule has 0 aliphatic heterocycles. The summed E-state index contributed by atoms with van der Waals surface area (Å²) < 4.78 is 5.22. The highest BCUT2D eigenvalue weighted by Crippen LogP contribution is 2.20. The summed E-state index contributed by atoms with van der Waals surface area (Å²) in [5.41, 5.74) is 2.45. The van der Waals surface area contributed by atoms with Gasteiger partial charge in [-0.3, -0.25) is 9.59 Å². The predicted octanol–water partition coefficient (Wildman–Crippen LogP) is 3.02. The van der Waals surface area contributed by atoms with Crippen molar-refractivity contribution in [1.29, 1.82) is 0 Å². The highest BCUT2D eigenvalue weighted by atomic mass is 16.4. The van der Waals surface area contributed by atoms with E-state index in [9.17, 15) is 9.59 Å². The molecule has 0 saturated carbocycles. The molecule has 110 valence electrons. The Morgan fingerprint density at radius 1 is 1.14 bits per heavy atom. The van der Waals surface area contributed by atoms with Gasteiger partial charge in [0.15, 0.2) is 5.76 Å². The maximum Gasteiger partial charge on any atom is 0.305 e. The summed E-state index contributed by atoms with van der Waals surface area (Å²) in [4.78, 5) is 24.8. The van der Waals surface area contributed by atoms with Crippen LogP contribution in [-0.4, -0.2) is 23.5 Å². The van der Waals surface area contributed by atoms with E-state index in [0.29, 0.717) is 5.69 Å². The number of carboxylic acid groups (broad SMARTS) is 1. The number of benzene rings is 1. The van der Waals surface area contributed by atoms with Gasteiger partial charge in [0.05, 0.1) is 12.7 Å². The highest BCUT2D eigenvalue weighted by molar-refractivity contribution is 6.05. The zero-order valence-corrected chi connectivity index (χ0v) is 12.0. The summed E-state index contributed by atoms with van der Waals surface area (Å²) in [6.45, 7) is 3.82. The van der Waals surface area contributed by atoms with Crippen LogP contribution in [0.5, 0.6) is 0 Å². The van der Waals surface area contributed by atoms with Crippen LogP contribution < -0.4 is 4.90 Å². The molecule has 1 aromatic carbocycles. The molecule has 0 radical (unpaired) electrons. The summed E-state index contributed by atoms with van der Waals surface area (Å²) in [5, 5.41) is 8.86. The van der Waals surface area contributed by atoms with Crippen molar-refractivity contribution in [1.82, 2.24) is 0 Å². The molecule has 0 unspecified atom stereocenters. The lowest BCUT2D eigenvalue weighted by Crippen LogP contribution is -2.33. The lowest BCUT2D eigenvalue weighted by atomic mass is 10.2. The van der Waals surface area contributed by atoms with Gasteiger partial charge >= 0.3 is 5.97 Å². The Morgan fingerprint density at radius 2 is 1.81 bits per heavy atom. The van der Waals surface area contributed by atoms with Gasteiger partial charge in [0.2, 0.25) is 0 Å². The van der Waals surface area contributed by atoms with E-state index < -0.39 is 5.97 Å². The third-order valence-electron chi connectivity index (χ3n) is 3.20. The van der Waals surface area contributed by atoms with Gasteiger partial charge in [-0.25, -0.2) is 0 Å². The molecule has 0 saturated heterocycles. The second-order valence-corrected chi connectivity index (χ2v) is 4.87. The minimum atomic E-state index is -0.948. The first kappa shape index (κ1) is 14.8. The first-order valence-electron chi connectivity index (χ1n) is 6.63. The van der Waals surface area contributed by atoms with E-state index in [1.165, 1.54) is 11.2 Å². The molecule has 2 rings (SSSR count). The molecule has 1 N–H and O–H groups in total. The van der Waals surface area contributed by atoms with E-state index in [-0.39, 0.29) is 24.6 Å². The van der Waals surface area contributed by atoms with Crippen LogP contribution in [0.2, 0.25) is 0 Å². The van der Waals surface area contributed by atoms with E-state index in [4.69, 9.17) is 9.52 Å². The standard InChI is InChI=1S/C16H17NO4/c1-11-3-5-13(6-4-11)17(9-7-14(18)19)16(20)15-12(2)8-10-21-15/h3-6,8,10H,7,9H2,1-2H3,(H,18,19). The molecule has 5 heteroatoms. The third kappa shape index (κ3) is 3.51. The number of furan rings is 1. The Morgan fingerprint density at radius 3 is 2.33 bits per heavy atom. The molecule has 0 fully saturated rings. The van der Waals surface area contributed by atoms with Crippen LogP contribution in [0.1, 0.15) is 28.1 Å². The van der Waals surface area contributed by atoms with Gasteiger partial charge in [-0.05, 0) is 32.0 Å². The number of carbonyl (C=O) groups excluding carboxylic acids is 1. The molecular formula is C16H17NO4. The van der Waals surface area contributed by atoms with E-state index in [2.05, 4.69) is 0 Å². The topological polar surface area (TPSA) is 70.8 Å². The highest BCUT2D eigenvalue weighted by Gasteiger charge is 2.22. The van der Waals surface area contributed by atoms with Gasteiger partial charge in [0.25, 0.3) is 5.91 Å². The Hall–Kier alpha value is -2.56. The van der Waals surface area contributed by atoms with Crippen LogP contribution in [0.15, 0.2) is 41.0 Å². The molecule has 1 aromatic heterocycles. The van der Waals surface area contributed by atoms with Crippen molar-refractivity contribution in [3.8, 4) is 0 Å². The second kappa shape index (κ2) is 6.26. The smallest absolute Gasteiger partial charge is 0.305 e. The molecule has 0 bridgehead atoms. The average Bonchev–Trinajstić information content (AvgIpc) is 2.86. The van der Waals surface area contributed by atoms with Crippen LogP contribution in [0.25, 0.3) is 0 Å². The van der Waals surface area contributed by atoms with Crippen molar-refractivity contribution in [3.63, 3.8) is 0 Å². The van der Waals surface area contributed by atoms with Crippen molar-refractivity contribution < 1.29 is 19.1 Å². The van der Waals surface area contributed by atoms with Crippen LogP contribution in [0.4, 0.5) is 5.69 Å². The minimum Gasteiger partial charge on any atom is -0.481 e. The molecule has 2 aromatic rings. The molecule has 0 atom stereocenters. The second-order valence-electron chi connectivity index (χ2n) is 4.87. The third-order valence-corrected chi connectivity index (χ3v) is 3.20. The van der Waals surface area contributed by atoms with E-state index in [1.54, 1.807) is 25.1 Å². The number of aryl methyl sites for hydroxylation is 2. The average molecular weight is 287 g/mol. The van der Waals surface area contributed by atoms with Gasteiger partial charge in [0.1, 0.15) is 0 Å². The number of rotatable bonds is 5. The van der Waals surface area contributed by atoms with Crippen LogP contribution in [0.3, 0.4) is 0 Å². The first-order chi connectivity index (χ1) is 9.99. The molecular weight excluding hydrogens is 270 g/mol. The number of anilines is 1. The monoisotopic (exact) mass is 287 g/mol. The SMILES string of the molecule is Cc1ccc(N(CCC(=O)O)C(=O)c2occc2C)cc1. The summed E-state index contributed by atoms with van der Waals surface area (Å²) in [7, 11) is 0. The van der Waals surface area contributed by atoms with E-state index in [0.717, 1.165) is 11.1 Å². The zero-order valence-electron chi connectivity index (χ0n) is 12.0. The summed E-state index contributed by atoms with van der Waals surface area (Å²) >= 11 is 0. The Labute approximate surface area is 122 Å².